The first-order valence-corrected chi connectivity index (χ1v) is 46.3. The summed E-state index contributed by atoms with van der Waals surface area (Å²) in [7, 11) is -31.4. The molecule has 6 aromatic rings. The van der Waals surface area contributed by atoms with Crippen molar-refractivity contribution < 1.29 is 106 Å². The largest absolute Gasteiger partial charge is 0.493 e. The number of rotatable bonds is 42. The predicted molar refractivity (Wildman–Crippen MR) is 412 cm³/mol. The number of ether oxygens (including phenoxy) is 6. The van der Waals surface area contributed by atoms with Crippen LogP contribution in [0.2, 0.25) is 0 Å². The molecule has 0 aliphatic heterocycles. The Balaban J connectivity index is 1.77. The van der Waals surface area contributed by atoms with Gasteiger partial charge in [0, 0.05) is 105 Å². The van der Waals surface area contributed by atoms with E-state index in [4.69, 9.17) is 28.4 Å². The molecule has 6 N–H and O–H groups in total. The van der Waals surface area contributed by atoms with E-state index < -0.39 is 129 Å². The molecule has 24 nitrogen and oxygen atoms in total. The number of hydrogen-bond acceptors (Lipinski definition) is 18. The lowest BCUT2D eigenvalue weighted by molar-refractivity contribution is 0.293. The fourth-order valence-electron chi connectivity index (χ4n) is 13.4. The van der Waals surface area contributed by atoms with Crippen molar-refractivity contribution in [2.75, 3.05) is 39.6 Å². The summed E-state index contributed by atoms with van der Waals surface area (Å²) < 4.78 is 274. The van der Waals surface area contributed by atoms with Gasteiger partial charge in [0.15, 0.2) is 0 Å². The van der Waals surface area contributed by atoms with Crippen LogP contribution in [0, 0.1) is 0 Å². The van der Waals surface area contributed by atoms with Crippen molar-refractivity contribution in [2.24, 2.45) is 0 Å². The van der Waals surface area contributed by atoms with E-state index in [1.807, 2.05) is 41.5 Å². The SMILES string of the molecule is CCCCCCOc1c2cc(S(=O)(=O)O)cc1Cc1cc(S(=O)(=O)O)cc(c1OCCCCCC)Cc1cc(S(=O)(=O)O)cc(c1OCCCCCC)Cc1cc(S(=O)(=O)O)cc(c1OCCCCCC)Cc1cc(S(=O)(=O)O)cc(c1OCCCCCC)Cc1cc(S(=O)(=O)O)cc(c1OCCCCCC)C2. The summed E-state index contributed by atoms with van der Waals surface area (Å²) >= 11 is 0. The highest BCUT2D eigenvalue weighted by molar-refractivity contribution is 7.87. The van der Waals surface area contributed by atoms with E-state index in [0.29, 0.717) is 77.0 Å². The van der Waals surface area contributed by atoms with Gasteiger partial charge in [0.25, 0.3) is 60.7 Å². The second-order valence-corrected chi connectivity index (χ2v) is 36.3. The van der Waals surface area contributed by atoms with E-state index in [0.717, 1.165) is 150 Å². The Hall–Kier alpha value is -6.42. The van der Waals surface area contributed by atoms with Crippen molar-refractivity contribution in [2.45, 2.75) is 264 Å². The molecule has 30 heteroatoms. The monoisotopic (exact) mass is 1620 g/mol. The summed E-state index contributed by atoms with van der Waals surface area (Å²) in [5, 5.41) is 0. The van der Waals surface area contributed by atoms with Crippen LogP contribution in [0.1, 0.15) is 262 Å². The molecule has 600 valence electrons. The van der Waals surface area contributed by atoms with Gasteiger partial charge in [0.2, 0.25) is 0 Å². The molecule has 108 heavy (non-hydrogen) atoms. The first-order valence-electron chi connectivity index (χ1n) is 37.7. The third kappa shape index (κ3) is 26.4. The number of hydrogen-bond donors (Lipinski definition) is 6. The average Bonchev–Trinajstić information content (AvgIpc) is 0.768. The summed E-state index contributed by atoms with van der Waals surface area (Å²) in [6, 6.07) is 13.4. The van der Waals surface area contributed by atoms with Crippen LogP contribution < -0.4 is 28.4 Å². The maximum atomic E-state index is 13.9. The Morgan fingerprint density at radius 1 is 0.204 bits per heavy atom. The van der Waals surface area contributed by atoms with Gasteiger partial charge in [0.1, 0.15) is 34.5 Å². The standard InChI is InChI=1S/C78H108O24S6/c1-7-13-19-25-31-97-73-55-37-57-45-68(104(82,83)84)47-59(74(57)98-32-26-20-14-8-2)39-61-49-70(106(88,89)90)51-63(76(61)100-34-28-22-16-10-4)41-65-53-72(108(94,95)96)54-66(78(65)102-36-30-24-18-12-6)42-64-52-71(107(91,92)93)50-62(77(64)101-35-29-23-17-11-5)40-60-48-69(105(85,86)87)46-58(75(60)99-33-27-21-15-9-3)38-56(73)44-67(43-55)103(79,80)81/h43-54H,7-42H2,1-6H3,(H,79,80,81)(H,82,83,84)(H,85,86,87)(H,88,89,90)(H,91,92,93)(H,94,95,96). The Kier molecular flexibility index (Phi) is 33.9. The molecular formula is C78H108O24S6. The summed E-state index contributed by atoms with van der Waals surface area (Å²) in [4.78, 5) is -4.26. The van der Waals surface area contributed by atoms with E-state index in [2.05, 4.69) is 0 Å². The molecule has 0 atom stereocenters. The first kappa shape index (κ1) is 88.8. The minimum absolute atomic E-state index is 0.0198. The predicted octanol–water partition coefficient (Wildman–Crippen LogP) is 16.8. The lowest BCUT2D eigenvalue weighted by Gasteiger charge is -2.24. The smallest absolute Gasteiger partial charge is 0.294 e. The first-order chi connectivity index (χ1) is 51.1. The van der Waals surface area contributed by atoms with Crippen LogP contribution in [0.3, 0.4) is 0 Å². The number of unbranched alkanes of at least 4 members (excludes halogenated alkanes) is 18. The Bertz CT molecular complexity index is 3840. The van der Waals surface area contributed by atoms with Crippen LogP contribution in [0.5, 0.6) is 34.5 Å². The molecule has 7 rings (SSSR count). The van der Waals surface area contributed by atoms with E-state index in [9.17, 15) is 77.8 Å². The van der Waals surface area contributed by atoms with Crippen LogP contribution in [0.15, 0.2) is 102 Å². The zero-order valence-electron chi connectivity index (χ0n) is 62.9. The van der Waals surface area contributed by atoms with Gasteiger partial charge in [-0.25, -0.2) is 0 Å². The molecule has 1 aliphatic rings. The fourth-order valence-corrected chi connectivity index (χ4v) is 16.9. The maximum Gasteiger partial charge on any atom is 0.294 e. The van der Waals surface area contributed by atoms with Gasteiger partial charge in [-0.2, -0.15) is 50.5 Å². The molecule has 0 saturated carbocycles. The number of benzene rings is 6. The van der Waals surface area contributed by atoms with Gasteiger partial charge < -0.3 is 28.4 Å². The molecule has 6 aromatic carbocycles. The maximum absolute atomic E-state index is 13.9. The van der Waals surface area contributed by atoms with Crippen molar-refractivity contribution in [3.05, 3.63) is 140 Å². The van der Waals surface area contributed by atoms with Gasteiger partial charge in [-0.15, -0.1) is 0 Å². The molecule has 0 heterocycles. The number of fused-ring (bicyclic) bond motifs is 12. The van der Waals surface area contributed by atoms with Gasteiger partial charge in [-0.3, -0.25) is 27.3 Å². The zero-order chi connectivity index (χ0) is 79.0. The van der Waals surface area contributed by atoms with E-state index in [1.165, 1.54) is 0 Å². The minimum Gasteiger partial charge on any atom is -0.493 e. The Morgan fingerprint density at radius 3 is 0.407 bits per heavy atom. The van der Waals surface area contributed by atoms with Gasteiger partial charge in [0.05, 0.1) is 69.0 Å². The molecule has 0 saturated heterocycles. The summed E-state index contributed by atoms with van der Waals surface area (Å²) in [6.07, 6.45) is 13.2. The average molecular weight is 1620 g/mol. The lowest BCUT2D eigenvalue weighted by atomic mass is 9.91. The van der Waals surface area contributed by atoms with Crippen LogP contribution in [-0.2, 0) is 99.2 Å². The second-order valence-electron chi connectivity index (χ2n) is 27.8. The van der Waals surface area contributed by atoms with E-state index >= 15 is 0 Å². The summed E-state index contributed by atoms with van der Waals surface area (Å²) in [6.45, 7) is 11.9. The normalized spacial score (nSPS) is 13.2. The zero-order valence-corrected chi connectivity index (χ0v) is 67.8. The van der Waals surface area contributed by atoms with Crippen LogP contribution >= 0.6 is 0 Å². The van der Waals surface area contributed by atoms with E-state index in [1.54, 1.807) is 0 Å². The molecular weight excluding hydrogens is 1510 g/mol. The van der Waals surface area contributed by atoms with E-state index in [-0.39, 0.29) is 141 Å². The third-order valence-corrected chi connectivity index (χ3v) is 23.8. The second kappa shape index (κ2) is 41.2. The van der Waals surface area contributed by atoms with Crippen LogP contribution in [0.25, 0.3) is 0 Å². The Labute approximate surface area is 639 Å². The van der Waals surface area contributed by atoms with Gasteiger partial charge in [-0.05, 0) is 111 Å². The molecule has 0 fully saturated rings. The summed E-state index contributed by atoms with van der Waals surface area (Å²) in [5.41, 5.74) is -0.284. The molecule has 0 amide bonds. The van der Waals surface area contributed by atoms with Crippen molar-refractivity contribution in [3.63, 3.8) is 0 Å². The highest BCUT2D eigenvalue weighted by Gasteiger charge is 2.32. The van der Waals surface area contributed by atoms with Crippen LogP contribution in [-0.4, -0.2) is 117 Å². The minimum atomic E-state index is -5.23. The molecule has 1 aliphatic carbocycles. The molecule has 12 bridgehead atoms. The highest BCUT2D eigenvalue weighted by Crippen LogP contribution is 2.45. The molecule has 0 unspecified atom stereocenters. The Morgan fingerprint density at radius 2 is 0.315 bits per heavy atom. The summed E-state index contributed by atoms with van der Waals surface area (Å²) in [5.74, 6) is -0.211. The van der Waals surface area contributed by atoms with Gasteiger partial charge in [-0.1, -0.05) is 157 Å². The highest BCUT2D eigenvalue weighted by atomic mass is 32.2. The fraction of sp³-hybridized carbons (Fsp3) is 0.538. The quantitative estimate of drug-likeness (QED) is 0.0153. The topological polar surface area (TPSA) is 382 Å². The molecule has 0 aromatic heterocycles. The van der Waals surface area contributed by atoms with Gasteiger partial charge >= 0.3 is 0 Å². The lowest BCUT2D eigenvalue weighted by Crippen LogP contribution is -2.14. The molecule has 0 radical (unpaired) electrons. The van der Waals surface area contributed by atoms with Crippen molar-refractivity contribution in [1.82, 2.24) is 0 Å². The van der Waals surface area contributed by atoms with Crippen LogP contribution in [0.4, 0.5) is 0 Å². The molecule has 0 spiro atoms. The third-order valence-electron chi connectivity index (χ3n) is 18.8. The van der Waals surface area contributed by atoms with Crippen molar-refractivity contribution in [1.29, 1.82) is 0 Å². The van der Waals surface area contributed by atoms with Crippen molar-refractivity contribution >= 4 is 60.7 Å². The van der Waals surface area contributed by atoms with Crippen molar-refractivity contribution in [3.8, 4) is 34.5 Å².